The molecule has 3 unspecified atom stereocenters. The Morgan fingerprint density at radius 2 is 1.75 bits per heavy atom. The quantitative estimate of drug-likeness (QED) is 0.823. The van der Waals surface area contributed by atoms with Crippen LogP contribution in [0.3, 0.4) is 0 Å². The van der Waals surface area contributed by atoms with Crippen LogP contribution in [0.4, 0.5) is 0 Å². The van der Waals surface area contributed by atoms with Crippen molar-refractivity contribution in [3.63, 3.8) is 0 Å². The molecule has 0 radical (unpaired) electrons. The van der Waals surface area contributed by atoms with Crippen molar-refractivity contribution in [2.24, 2.45) is 23.5 Å². The maximum Gasteiger partial charge on any atom is 0.00925 e. The Balaban J connectivity index is 1.80. The largest absolute Gasteiger partial charge is 0.327 e. The zero-order chi connectivity index (χ0) is 14.5. The summed E-state index contributed by atoms with van der Waals surface area (Å²) in [6.07, 6.45) is 12.4. The Labute approximate surface area is 126 Å². The molecule has 118 valence electrons. The van der Waals surface area contributed by atoms with Crippen LogP contribution in [0.1, 0.15) is 71.6 Å². The average molecular weight is 281 g/mol. The molecule has 0 aliphatic heterocycles. The standard InChI is InChI=1S/C18H36N2/c1-4-5-15-8-11-18(19)16(12-15)13-20(3)17-9-6-14(2)7-10-17/h14-18H,4-13,19H2,1-3H3. The lowest BCUT2D eigenvalue weighted by molar-refractivity contribution is 0.113. The summed E-state index contributed by atoms with van der Waals surface area (Å²) in [5, 5.41) is 0. The predicted molar refractivity (Wildman–Crippen MR) is 87.8 cm³/mol. The number of nitrogens with zero attached hydrogens (tertiary/aromatic N) is 1. The lowest BCUT2D eigenvalue weighted by Gasteiger charge is -2.40. The van der Waals surface area contributed by atoms with Gasteiger partial charge in [0.2, 0.25) is 0 Å². The molecule has 2 nitrogen and oxygen atoms in total. The van der Waals surface area contributed by atoms with Gasteiger partial charge in [0.1, 0.15) is 0 Å². The summed E-state index contributed by atoms with van der Waals surface area (Å²) in [5.41, 5.74) is 6.41. The third-order valence-electron chi connectivity index (χ3n) is 5.98. The molecule has 0 aromatic rings. The van der Waals surface area contributed by atoms with Gasteiger partial charge < -0.3 is 10.6 Å². The summed E-state index contributed by atoms with van der Waals surface area (Å²) in [6, 6.07) is 1.28. The first-order valence-electron chi connectivity index (χ1n) is 9.06. The maximum atomic E-state index is 6.41. The van der Waals surface area contributed by atoms with Crippen molar-refractivity contribution < 1.29 is 0 Å². The van der Waals surface area contributed by atoms with E-state index in [1.165, 1.54) is 64.3 Å². The topological polar surface area (TPSA) is 29.3 Å². The van der Waals surface area contributed by atoms with E-state index in [9.17, 15) is 0 Å². The highest BCUT2D eigenvalue weighted by molar-refractivity contribution is 4.86. The van der Waals surface area contributed by atoms with Gasteiger partial charge in [-0.2, -0.15) is 0 Å². The summed E-state index contributed by atoms with van der Waals surface area (Å²) < 4.78 is 0. The van der Waals surface area contributed by atoms with Crippen molar-refractivity contribution in [2.45, 2.75) is 83.7 Å². The second-order valence-electron chi connectivity index (χ2n) is 7.74. The van der Waals surface area contributed by atoms with E-state index in [2.05, 4.69) is 25.8 Å². The fourth-order valence-electron chi connectivity index (χ4n) is 4.47. The van der Waals surface area contributed by atoms with Crippen LogP contribution in [0, 0.1) is 17.8 Å². The van der Waals surface area contributed by atoms with Crippen LogP contribution in [-0.2, 0) is 0 Å². The minimum absolute atomic E-state index is 0.452. The molecular formula is C18H36N2. The Morgan fingerprint density at radius 1 is 1.05 bits per heavy atom. The van der Waals surface area contributed by atoms with Gasteiger partial charge in [-0.25, -0.2) is 0 Å². The van der Waals surface area contributed by atoms with Crippen molar-refractivity contribution in [2.75, 3.05) is 13.6 Å². The monoisotopic (exact) mass is 280 g/mol. The van der Waals surface area contributed by atoms with Gasteiger partial charge in [-0.3, -0.25) is 0 Å². The van der Waals surface area contributed by atoms with Gasteiger partial charge in [0.15, 0.2) is 0 Å². The third-order valence-corrected chi connectivity index (χ3v) is 5.98. The molecule has 0 bridgehead atoms. The Kier molecular flexibility index (Phi) is 6.35. The lowest BCUT2D eigenvalue weighted by atomic mass is 9.76. The molecule has 0 spiro atoms. The van der Waals surface area contributed by atoms with Crippen LogP contribution >= 0.6 is 0 Å². The third kappa shape index (κ3) is 4.46. The zero-order valence-corrected chi connectivity index (χ0v) is 14.0. The molecule has 0 heterocycles. The second-order valence-corrected chi connectivity index (χ2v) is 7.74. The van der Waals surface area contributed by atoms with Gasteiger partial charge in [-0.1, -0.05) is 26.7 Å². The summed E-state index contributed by atoms with van der Waals surface area (Å²) in [6.45, 7) is 5.96. The molecule has 2 aliphatic rings. The molecular weight excluding hydrogens is 244 g/mol. The van der Waals surface area contributed by atoms with Crippen molar-refractivity contribution in [3.05, 3.63) is 0 Å². The Bertz CT molecular complexity index is 271. The first-order chi connectivity index (χ1) is 9.60. The van der Waals surface area contributed by atoms with Gasteiger partial charge >= 0.3 is 0 Å². The molecule has 0 saturated heterocycles. The van der Waals surface area contributed by atoms with Crippen molar-refractivity contribution in [3.8, 4) is 0 Å². The molecule has 0 aromatic carbocycles. The number of rotatable bonds is 5. The maximum absolute atomic E-state index is 6.41. The van der Waals surface area contributed by atoms with E-state index in [0.29, 0.717) is 6.04 Å². The number of nitrogens with two attached hydrogens (primary N) is 1. The highest BCUT2D eigenvalue weighted by Gasteiger charge is 2.30. The molecule has 2 saturated carbocycles. The molecule has 2 rings (SSSR count). The molecule has 3 atom stereocenters. The van der Waals surface area contributed by atoms with Crippen molar-refractivity contribution in [1.82, 2.24) is 4.90 Å². The fraction of sp³-hybridized carbons (Fsp3) is 1.00. The molecule has 2 N–H and O–H groups in total. The fourth-order valence-corrected chi connectivity index (χ4v) is 4.47. The zero-order valence-electron chi connectivity index (χ0n) is 14.0. The van der Waals surface area contributed by atoms with Crippen LogP contribution < -0.4 is 5.73 Å². The summed E-state index contributed by atoms with van der Waals surface area (Å²) in [4.78, 5) is 2.64. The second kappa shape index (κ2) is 7.79. The smallest absolute Gasteiger partial charge is 0.00925 e. The molecule has 2 fully saturated rings. The predicted octanol–water partition coefficient (Wildman–Crippen LogP) is 4.04. The summed E-state index contributed by atoms with van der Waals surface area (Å²) >= 11 is 0. The summed E-state index contributed by atoms with van der Waals surface area (Å²) in [7, 11) is 2.34. The highest BCUT2D eigenvalue weighted by Crippen LogP contribution is 2.33. The lowest BCUT2D eigenvalue weighted by Crippen LogP contribution is -2.45. The van der Waals surface area contributed by atoms with Crippen LogP contribution in [-0.4, -0.2) is 30.6 Å². The van der Waals surface area contributed by atoms with Gasteiger partial charge in [0, 0.05) is 18.6 Å². The van der Waals surface area contributed by atoms with Gasteiger partial charge in [-0.15, -0.1) is 0 Å². The van der Waals surface area contributed by atoms with E-state index in [-0.39, 0.29) is 0 Å². The van der Waals surface area contributed by atoms with E-state index in [1.807, 2.05) is 0 Å². The Morgan fingerprint density at radius 3 is 2.40 bits per heavy atom. The normalized spacial score (nSPS) is 39.1. The van der Waals surface area contributed by atoms with Crippen molar-refractivity contribution >= 4 is 0 Å². The summed E-state index contributed by atoms with van der Waals surface area (Å²) in [5.74, 6) is 2.64. The van der Waals surface area contributed by atoms with Crippen molar-refractivity contribution in [1.29, 1.82) is 0 Å². The minimum Gasteiger partial charge on any atom is -0.327 e. The first-order valence-corrected chi connectivity index (χ1v) is 9.06. The first kappa shape index (κ1) is 16.3. The molecule has 2 heteroatoms. The number of hydrogen-bond acceptors (Lipinski definition) is 2. The average Bonchev–Trinajstić information content (AvgIpc) is 2.43. The number of hydrogen-bond donors (Lipinski definition) is 1. The van der Waals surface area contributed by atoms with Crippen LogP contribution in [0.2, 0.25) is 0 Å². The van der Waals surface area contributed by atoms with Crippen LogP contribution in [0.25, 0.3) is 0 Å². The molecule has 20 heavy (non-hydrogen) atoms. The van der Waals surface area contributed by atoms with E-state index >= 15 is 0 Å². The van der Waals surface area contributed by atoms with E-state index in [1.54, 1.807) is 0 Å². The van der Waals surface area contributed by atoms with E-state index in [0.717, 1.165) is 23.8 Å². The van der Waals surface area contributed by atoms with Crippen LogP contribution in [0.15, 0.2) is 0 Å². The van der Waals surface area contributed by atoms with E-state index < -0.39 is 0 Å². The molecule has 0 aromatic heterocycles. The minimum atomic E-state index is 0.452. The van der Waals surface area contributed by atoms with Gasteiger partial charge in [0.05, 0.1) is 0 Å². The van der Waals surface area contributed by atoms with E-state index in [4.69, 9.17) is 5.73 Å². The van der Waals surface area contributed by atoms with Gasteiger partial charge in [-0.05, 0) is 69.7 Å². The van der Waals surface area contributed by atoms with Gasteiger partial charge in [0.25, 0.3) is 0 Å². The molecule has 2 aliphatic carbocycles. The molecule has 0 amide bonds. The highest BCUT2D eigenvalue weighted by atomic mass is 15.1. The SMILES string of the molecule is CCCC1CCC(N)C(CN(C)C2CCC(C)CC2)C1. The Hall–Kier alpha value is -0.0800. The van der Waals surface area contributed by atoms with Crippen LogP contribution in [0.5, 0.6) is 0 Å².